The van der Waals surface area contributed by atoms with Gasteiger partial charge in [0, 0.05) is 0 Å². The quantitative estimate of drug-likeness (QED) is 0.675. The maximum Gasteiger partial charge on any atom is 0.153 e. The van der Waals surface area contributed by atoms with Crippen LogP contribution in [0.4, 0.5) is 0 Å². The Morgan fingerprint density at radius 2 is 1.60 bits per heavy atom. The van der Waals surface area contributed by atoms with E-state index in [1.54, 1.807) is 0 Å². The van der Waals surface area contributed by atoms with Crippen LogP contribution in [0.2, 0.25) is 0 Å². The lowest BCUT2D eigenvalue weighted by Gasteiger charge is -2.42. The number of ether oxygens (including phenoxy) is 1. The predicted octanol–water partition coefficient (Wildman–Crippen LogP) is 5.49. The predicted molar refractivity (Wildman–Crippen MR) is 102 cm³/mol. The molecule has 1 aliphatic rings. The Labute approximate surface area is 151 Å². The summed E-state index contributed by atoms with van der Waals surface area (Å²) in [7, 11) is 0. The Bertz CT molecular complexity index is 744. The third kappa shape index (κ3) is 3.69. The second-order valence-electron chi connectivity index (χ2n) is 8.43. The average Bonchev–Trinajstić information content (AvgIpc) is 2.60. The van der Waals surface area contributed by atoms with Gasteiger partial charge in [0.25, 0.3) is 0 Å². The molecule has 0 saturated carbocycles. The lowest BCUT2D eigenvalue weighted by Crippen LogP contribution is -2.34. The van der Waals surface area contributed by atoms with E-state index in [1.165, 1.54) is 17.5 Å². The Hall–Kier alpha value is -1.93. The van der Waals surface area contributed by atoms with Crippen molar-refractivity contribution in [2.75, 3.05) is 0 Å². The van der Waals surface area contributed by atoms with Crippen molar-refractivity contribution in [2.24, 2.45) is 0 Å². The Morgan fingerprint density at radius 1 is 0.960 bits per heavy atom. The first-order valence-corrected chi connectivity index (χ1v) is 9.09. The van der Waals surface area contributed by atoms with Gasteiger partial charge in [0.05, 0.1) is 6.61 Å². The van der Waals surface area contributed by atoms with Crippen LogP contribution in [0.15, 0.2) is 48.5 Å². The topological polar surface area (TPSA) is 26.3 Å². The Morgan fingerprint density at radius 3 is 2.24 bits per heavy atom. The maximum absolute atomic E-state index is 11.7. The lowest BCUT2D eigenvalue weighted by atomic mass is 9.63. The van der Waals surface area contributed by atoms with Crippen LogP contribution in [0, 0.1) is 0 Å². The third-order valence-corrected chi connectivity index (χ3v) is 5.60. The highest BCUT2D eigenvalue weighted by molar-refractivity contribution is 5.61. The summed E-state index contributed by atoms with van der Waals surface area (Å²) in [6, 6.07) is 16.4. The summed E-state index contributed by atoms with van der Waals surface area (Å²) in [5, 5.41) is 0. The molecule has 2 aromatic carbocycles. The van der Waals surface area contributed by atoms with E-state index >= 15 is 0 Å². The molecule has 0 radical (unpaired) electrons. The van der Waals surface area contributed by atoms with E-state index in [2.05, 4.69) is 45.9 Å². The monoisotopic (exact) mass is 336 g/mol. The van der Waals surface area contributed by atoms with Crippen molar-refractivity contribution in [1.82, 2.24) is 0 Å². The third-order valence-electron chi connectivity index (χ3n) is 5.60. The molecule has 3 rings (SSSR count). The first kappa shape index (κ1) is 17.9. The average molecular weight is 336 g/mol. The molecule has 0 aliphatic heterocycles. The van der Waals surface area contributed by atoms with Crippen LogP contribution >= 0.6 is 0 Å². The van der Waals surface area contributed by atoms with Gasteiger partial charge in [-0.3, -0.25) is 0 Å². The summed E-state index contributed by atoms with van der Waals surface area (Å²) in [5.41, 5.74) is 5.11. The van der Waals surface area contributed by atoms with Crippen molar-refractivity contribution in [3.8, 4) is 0 Å². The molecule has 0 bridgehead atoms. The van der Waals surface area contributed by atoms with E-state index in [9.17, 15) is 4.79 Å². The molecule has 0 saturated heterocycles. The number of rotatable bonds is 5. The summed E-state index contributed by atoms with van der Waals surface area (Å²) in [5.74, 6) is 0. The molecule has 2 heteroatoms. The van der Waals surface area contributed by atoms with Crippen molar-refractivity contribution in [2.45, 2.75) is 64.1 Å². The van der Waals surface area contributed by atoms with Gasteiger partial charge in [0.15, 0.2) is 6.29 Å². The molecule has 0 fully saturated rings. The van der Waals surface area contributed by atoms with Crippen LogP contribution in [0.1, 0.15) is 68.9 Å². The number of fused-ring (bicyclic) bond motifs is 1. The Kier molecular flexibility index (Phi) is 4.83. The van der Waals surface area contributed by atoms with Gasteiger partial charge in [-0.1, -0.05) is 76.2 Å². The van der Waals surface area contributed by atoms with Crippen molar-refractivity contribution >= 4 is 6.29 Å². The van der Waals surface area contributed by atoms with Crippen LogP contribution in [0.25, 0.3) is 0 Å². The fraction of sp³-hybridized carbons (Fsp3) is 0.435. The van der Waals surface area contributed by atoms with Crippen molar-refractivity contribution < 1.29 is 9.53 Å². The largest absolute Gasteiger partial charge is 0.361 e. The van der Waals surface area contributed by atoms with Crippen LogP contribution in [0.5, 0.6) is 0 Å². The summed E-state index contributed by atoms with van der Waals surface area (Å²) >= 11 is 0. The van der Waals surface area contributed by atoms with Crippen LogP contribution in [-0.2, 0) is 27.0 Å². The minimum Gasteiger partial charge on any atom is -0.361 e. The molecule has 132 valence electrons. The molecule has 2 nitrogen and oxygen atoms in total. The number of hydrogen-bond donors (Lipinski definition) is 0. The first-order chi connectivity index (χ1) is 11.8. The van der Waals surface area contributed by atoms with Gasteiger partial charge >= 0.3 is 0 Å². The zero-order valence-corrected chi connectivity index (χ0v) is 15.7. The number of carbonyl (C=O) groups excluding carboxylic acids is 1. The number of hydrogen-bond acceptors (Lipinski definition) is 2. The number of carbonyl (C=O) groups is 1. The summed E-state index contributed by atoms with van der Waals surface area (Å²) in [6.45, 7) is 9.65. The van der Waals surface area contributed by atoms with E-state index in [-0.39, 0.29) is 10.8 Å². The molecule has 1 aliphatic carbocycles. The zero-order chi connectivity index (χ0) is 18.1. The highest BCUT2D eigenvalue weighted by Crippen LogP contribution is 2.46. The molecular weight excluding hydrogens is 308 g/mol. The SMILES string of the molecule is CC1(C)CCC(C)(C)c2cc(C(C=O)OCc3ccccc3)ccc21. The van der Waals surface area contributed by atoms with E-state index in [4.69, 9.17) is 4.74 Å². The molecule has 0 N–H and O–H groups in total. The van der Waals surface area contributed by atoms with Gasteiger partial charge < -0.3 is 9.53 Å². The summed E-state index contributed by atoms with van der Waals surface area (Å²) in [4.78, 5) is 11.7. The molecule has 1 atom stereocenters. The van der Waals surface area contributed by atoms with E-state index in [1.807, 2.05) is 30.3 Å². The van der Waals surface area contributed by atoms with Gasteiger partial charge in [0.2, 0.25) is 0 Å². The van der Waals surface area contributed by atoms with Gasteiger partial charge in [0.1, 0.15) is 6.10 Å². The molecule has 25 heavy (non-hydrogen) atoms. The lowest BCUT2D eigenvalue weighted by molar-refractivity contribution is -0.119. The molecular formula is C23H28O2. The molecule has 2 aromatic rings. The highest BCUT2D eigenvalue weighted by Gasteiger charge is 2.37. The van der Waals surface area contributed by atoms with Gasteiger partial charge in [-0.2, -0.15) is 0 Å². The maximum atomic E-state index is 11.7. The standard InChI is InChI=1S/C23H28O2/c1-22(2)12-13-23(3,4)20-14-18(10-11-19(20)22)21(15-24)25-16-17-8-6-5-7-9-17/h5-11,14-15,21H,12-13,16H2,1-4H3. The van der Waals surface area contributed by atoms with Gasteiger partial charge in [-0.15, -0.1) is 0 Å². The van der Waals surface area contributed by atoms with Crippen molar-refractivity contribution in [3.05, 3.63) is 70.8 Å². The van der Waals surface area contributed by atoms with E-state index in [0.717, 1.165) is 23.8 Å². The fourth-order valence-electron chi connectivity index (χ4n) is 3.76. The highest BCUT2D eigenvalue weighted by atomic mass is 16.5. The fourth-order valence-corrected chi connectivity index (χ4v) is 3.76. The zero-order valence-electron chi connectivity index (χ0n) is 15.7. The Balaban J connectivity index is 1.88. The van der Waals surface area contributed by atoms with E-state index in [0.29, 0.717) is 6.61 Å². The molecule has 1 unspecified atom stereocenters. The first-order valence-electron chi connectivity index (χ1n) is 9.09. The van der Waals surface area contributed by atoms with Crippen LogP contribution in [0.3, 0.4) is 0 Å². The van der Waals surface area contributed by atoms with E-state index < -0.39 is 6.10 Å². The summed E-state index contributed by atoms with van der Waals surface area (Å²) in [6.07, 6.45) is 2.73. The normalized spacial score (nSPS) is 19.0. The number of aldehydes is 1. The smallest absolute Gasteiger partial charge is 0.153 e. The molecule has 0 spiro atoms. The van der Waals surface area contributed by atoms with Crippen LogP contribution < -0.4 is 0 Å². The summed E-state index contributed by atoms with van der Waals surface area (Å²) < 4.78 is 5.91. The van der Waals surface area contributed by atoms with Crippen LogP contribution in [-0.4, -0.2) is 6.29 Å². The second-order valence-corrected chi connectivity index (χ2v) is 8.43. The minimum atomic E-state index is -0.522. The molecule has 0 aromatic heterocycles. The number of benzene rings is 2. The van der Waals surface area contributed by atoms with Crippen molar-refractivity contribution in [1.29, 1.82) is 0 Å². The minimum absolute atomic E-state index is 0.133. The second kappa shape index (κ2) is 6.76. The molecule has 0 amide bonds. The van der Waals surface area contributed by atoms with Crippen molar-refractivity contribution in [3.63, 3.8) is 0 Å². The molecule has 0 heterocycles. The van der Waals surface area contributed by atoms with Gasteiger partial charge in [-0.25, -0.2) is 0 Å². The van der Waals surface area contributed by atoms with Gasteiger partial charge in [-0.05, 0) is 45.9 Å².